The minimum atomic E-state index is -0.163. The smallest absolute Gasteiger partial charge is 0.257 e. The second-order valence-corrected chi connectivity index (χ2v) is 6.47. The van der Waals surface area contributed by atoms with Gasteiger partial charge in [-0.2, -0.15) is 0 Å². The zero-order valence-corrected chi connectivity index (χ0v) is 16.7. The highest BCUT2D eigenvalue weighted by Crippen LogP contribution is 2.29. The van der Waals surface area contributed by atoms with Crippen molar-refractivity contribution in [2.75, 3.05) is 20.3 Å². The second-order valence-electron chi connectivity index (χ2n) is 6.47. The quantitative estimate of drug-likeness (QED) is 0.549. The van der Waals surface area contributed by atoms with Crippen LogP contribution in [0.2, 0.25) is 0 Å². The van der Waals surface area contributed by atoms with Crippen molar-refractivity contribution in [2.45, 2.75) is 19.5 Å². The van der Waals surface area contributed by atoms with E-state index in [1.165, 1.54) is 0 Å². The number of nitrogens with one attached hydrogen (secondary N) is 2. The van der Waals surface area contributed by atoms with Crippen LogP contribution < -0.4 is 20.1 Å². The predicted molar refractivity (Wildman–Crippen MR) is 111 cm³/mol. The Morgan fingerprint density at radius 3 is 2.59 bits per heavy atom. The van der Waals surface area contributed by atoms with E-state index in [1.54, 1.807) is 13.4 Å². The van der Waals surface area contributed by atoms with Crippen molar-refractivity contribution >= 4 is 5.91 Å². The van der Waals surface area contributed by atoms with Gasteiger partial charge in [0.15, 0.2) is 18.1 Å². The first-order chi connectivity index (χ1) is 14.2. The van der Waals surface area contributed by atoms with Gasteiger partial charge in [-0.1, -0.05) is 36.4 Å². The SMILES string of the molecule is CCNC(=O)COc1ccc(CNC(c2ccccc2)c2ccco2)cc1OC. The second kappa shape index (κ2) is 10.3. The van der Waals surface area contributed by atoms with Gasteiger partial charge in [0.25, 0.3) is 5.91 Å². The van der Waals surface area contributed by atoms with E-state index in [0.29, 0.717) is 24.6 Å². The Morgan fingerprint density at radius 2 is 1.90 bits per heavy atom. The minimum Gasteiger partial charge on any atom is -0.493 e. The Labute approximate surface area is 170 Å². The topological polar surface area (TPSA) is 72.7 Å². The first kappa shape index (κ1) is 20.5. The zero-order chi connectivity index (χ0) is 20.5. The maximum atomic E-state index is 11.6. The summed E-state index contributed by atoms with van der Waals surface area (Å²) in [5.41, 5.74) is 2.15. The Morgan fingerprint density at radius 1 is 1.07 bits per heavy atom. The molecule has 1 aromatic heterocycles. The van der Waals surface area contributed by atoms with E-state index in [-0.39, 0.29) is 18.6 Å². The standard InChI is InChI=1S/C23H26N2O4/c1-3-24-22(26)16-29-19-12-11-17(14-21(19)27-2)15-25-23(20-10-7-13-28-20)18-8-5-4-6-9-18/h4-14,23,25H,3,15-16H2,1-2H3,(H,24,26). The van der Waals surface area contributed by atoms with E-state index in [4.69, 9.17) is 13.9 Å². The van der Waals surface area contributed by atoms with Crippen LogP contribution in [0.15, 0.2) is 71.3 Å². The molecule has 6 nitrogen and oxygen atoms in total. The van der Waals surface area contributed by atoms with Crippen LogP contribution >= 0.6 is 0 Å². The maximum absolute atomic E-state index is 11.6. The molecule has 0 aliphatic carbocycles. The van der Waals surface area contributed by atoms with Crippen LogP contribution in [-0.2, 0) is 11.3 Å². The van der Waals surface area contributed by atoms with Crippen LogP contribution in [0.3, 0.4) is 0 Å². The van der Waals surface area contributed by atoms with Crippen LogP contribution in [0.1, 0.15) is 29.9 Å². The van der Waals surface area contributed by atoms with Gasteiger partial charge in [0.05, 0.1) is 19.4 Å². The van der Waals surface area contributed by atoms with Crippen LogP contribution in [0, 0.1) is 0 Å². The van der Waals surface area contributed by atoms with Crippen molar-refractivity contribution in [3.63, 3.8) is 0 Å². The van der Waals surface area contributed by atoms with Crippen molar-refractivity contribution in [3.8, 4) is 11.5 Å². The minimum absolute atomic E-state index is 0.0453. The monoisotopic (exact) mass is 394 g/mol. The lowest BCUT2D eigenvalue weighted by Crippen LogP contribution is -2.28. The van der Waals surface area contributed by atoms with Gasteiger partial charge in [-0.3, -0.25) is 10.1 Å². The Balaban J connectivity index is 1.69. The van der Waals surface area contributed by atoms with E-state index >= 15 is 0 Å². The molecule has 29 heavy (non-hydrogen) atoms. The molecule has 0 aliphatic rings. The van der Waals surface area contributed by atoms with E-state index < -0.39 is 0 Å². The summed E-state index contributed by atoms with van der Waals surface area (Å²) in [6.07, 6.45) is 1.68. The number of rotatable bonds is 10. The lowest BCUT2D eigenvalue weighted by Gasteiger charge is -2.18. The summed E-state index contributed by atoms with van der Waals surface area (Å²) in [6, 6.07) is 19.6. The van der Waals surface area contributed by atoms with Crippen molar-refractivity contribution in [3.05, 3.63) is 83.8 Å². The molecule has 0 saturated heterocycles. The average Bonchev–Trinajstić information content (AvgIpc) is 3.28. The summed E-state index contributed by atoms with van der Waals surface area (Å²) >= 11 is 0. The molecule has 0 bridgehead atoms. The van der Waals surface area contributed by atoms with Crippen molar-refractivity contribution in [1.29, 1.82) is 0 Å². The molecule has 0 spiro atoms. The molecule has 1 atom stereocenters. The highest BCUT2D eigenvalue weighted by molar-refractivity contribution is 5.77. The van der Waals surface area contributed by atoms with Crippen molar-refractivity contribution in [1.82, 2.24) is 10.6 Å². The molecule has 0 fully saturated rings. The molecule has 152 valence electrons. The fourth-order valence-electron chi connectivity index (χ4n) is 3.04. The first-order valence-corrected chi connectivity index (χ1v) is 9.59. The molecular weight excluding hydrogens is 368 g/mol. The summed E-state index contributed by atoms with van der Waals surface area (Å²) in [7, 11) is 1.58. The van der Waals surface area contributed by atoms with E-state index in [2.05, 4.69) is 22.8 Å². The molecule has 2 aromatic carbocycles. The zero-order valence-electron chi connectivity index (χ0n) is 16.7. The number of benzene rings is 2. The molecule has 3 rings (SSSR count). The number of hydrogen-bond acceptors (Lipinski definition) is 5. The fraction of sp³-hybridized carbons (Fsp3) is 0.261. The van der Waals surface area contributed by atoms with E-state index in [0.717, 1.165) is 16.9 Å². The van der Waals surface area contributed by atoms with Crippen LogP contribution in [-0.4, -0.2) is 26.2 Å². The normalized spacial score (nSPS) is 11.7. The highest BCUT2D eigenvalue weighted by atomic mass is 16.5. The summed E-state index contributed by atoms with van der Waals surface area (Å²) < 4.78 is 16.6. The molecule has 1 unspecified atom stereocenters. The number of furan rings is 1. The lowest BCUT2D eigenvalue weighted by atomic mass is 10.0. The molecule has 0 saturated carbocycles. The maximum Gasteiger partial charge on any atom is 0.257 e. The fourth-order valence-corrected chi connectivity index (χ4v) is 3.04. The van der Waals surface area contributed by atoms with Gasteiger partial charge in [0, 0.05) is 13.1 Å². The number of likely N-dealkylation sites (N-methyl/N-ethyl adjacent to an activating group) is 1. The summed E-state index contributed by atoms with van der Waals surface area (Å²) in [4.78, 5) is 11.6. The molecule has 0 aliphatic heterocycles. The number of methoxy groups -OCH3 is 1. The van der Waals surface area contributed by atoms with Gasteiger partial charge >= 0.3 is 0 Å². The largest absolute Gasteiger partial charge is 0.493 e. The average molecular weight is 394 g/mol. The van der Waals surface area contributed by atoms with E-state index in [1.807, 2.05) is 55.5 Å². The first-order valence-electron chi connectivity index (χ1n) is 9.59. The van der Waals surface area contributed by atoms with Gasteiger partial charge in [-0.15, -0.1) is 0 Å². The van der Waals surface area contributed by atoms with Crippen LogP contribution in [0.5, 0.6) is 11.5 Å². The van der Waals surface area contributed by atoms with Gasteiger partial charge in [-0.25, -0.2) is 0 Å². The number of amides is 1. The molecular formula is C23H26N2O4. The summed E-state index contributed by atoms with van der Waals surface area (Å²) in [5.74, 6) is 1.81. The lowest BCUT2D eigenvalue weighted by molar-refractivity contribution is -0.123. The van der Waals surface area contributed by atoms with E-state index in [9.17, 15) is 4.79 Å². The Hall–Kier alpha value is -3.25. The third-order valence-electron chi connectivity index (χ3n) is 4.43. The van der Waals surface area contributed by atoms with Gasteiger partial charge in [0.2, 0.25) is 0 Å². The molecule has 6 heteroatoms. The molecule has 1 amide bonds. The molecule has 3 aromatic rings. The number of carbonyl (C=O) groups excluding carboxylic acids is 1. The van der Waals surface area contributed by atoms with Crippen LogP contribution in [0.25, 0.3) is 0 Å². The summed E-state index contributed by atoms with van der Waals surface area (Å²) in [6.45, 7) is 3.00. The molecule has 0 radical (unpaired) electrons. The highest BCUT2D eigenvalue weighted by Gasteiger charge is 2.16. The van der Waals surface area contributed by atoms with Crippen molar-refractivity contribution in [2.24, 2.45) is 0 Å². The predicted octanol–water partition coefficient (Wildman–Crippen LogP) is 3.68. The summed E-state index contributed by atoms with van der Waals surface area (Å²) in [5, 5.41) is 6.24. The van der Waals surface area contributed by atoms with Gasteiger partial charge in [0.1, 0.15) is 5.76 Å². The molecule has 2 N–H and O–H groups in total. The van der Waals surface area contributed by atoms with Crippen molar-refractivity contribution < 1.29 is 18.7 Å². The van der Waals surface area contributed by atoms with Crippen LogP contribution in [0.4, 0.5) is 0 Å². The Bertz CT molecular complexity index is 895. The number of carbonyl (C=O) groups is 1. The van der Waals surface area contributed by atoms with Gasteiger partial charge in [-0.05, 0) is 42.3 Å². The number of hydrogen-bond donors (Lipinski definition) is 2. The van der Waals surface area contributed by atoms with Gasteiger partial charge < -0.3 is 19.2 Å². The molecule has 1 heterocycles. The Kier molecular flexibility index (Phi) is 7.30. The number of ether oxygens (including phenoxy) is 2. The third-order valence-corrected chi connectivity index (χ3v) is 4.43. The third kappa shape index (κ3) is 5.62.